The fourth-order valence-electron chi connectivity index (χ4n) is 4.98. The Bertz CT molecular complexity index is 1630. The Kier molecular flexibility index (Phi) is 8.09. The first kappa shape index (κ1) is 28.6. The van der Waals surface area contributed by atoms with Crippen LogP contribution in [-0.2, 0) is 17.8 Å². The van der Waals surface area contributed by atoms with E-state index < -0.39 is 23.9 Å². The predicted molar refractivity (Wildman–Crippen MR) is 149 cm³/mol. The molecule has 10 nitrogen and oxygen atoms in total. The van der Waals surface area contributed by atoms with Gasteiger partial charge in [0.25, 0.3) is 5.56 Å². The van der Waals surface area contributed by atoms with E-state index in [2.05, 4.69) is 30.3 Å². The van der Waals surface area contributed by atoms with E-state index >= 15 is 0 Å². The third-order valence-electron chi connectivity index (χ3n) is 7.07. The molecule has 13 heteroatoms. The van der Waals surface area contributed by atoms with E-state index in [0.29, 0.717) is 41.3 Å². The number of nitrogen functional groups attached to an aromatic ring is 1. The lowest BCUT2D eigenvalue weighted by atomic mass is 9.95. The van der Waals surface area contributed by atoms with Gasteiger partial charge in [-0.25, -0.2) is 9.97 Å². The molecule has 1 amide bonds. The quantitative estimate of drug-likeness (QED) is 0.272. The highest BCUT2D eigenvalue weighted by atomic mass is 19.4. The molecule has 5 rings (SSSR count). The summed E-state index contributed by atoms with van der Waals surface area (Å²) >= 11 is 0. The third-order valence-corrected chi connectivity index (χ3v) is 7.07. The van der Waals surface area contributed by atoms with Crippen LogP contribution in [0.5, 0.6) is 5.75 Å². The maximum atomic E-state index is 13.5. The van der Waals surface area contributed by atoms with E-state index in [4.69, 9.17) is 5.73 Å². The highest BCUT2D eigenvalue weighted by Crippen LogP contribution is 2.29. The number of pyridine rings is 2. The van der Waals surface area contributed by atoms with E-state index in [1.54, 1.807) is 49.6 Å². The normalized spacial score (nSPS) is 15.1. The molecule has 0 spiro atoms. The standard InChI is InChI=1S/C29H28F3N7O3/c1-17-19(7-12-25(33)38-17)14-37-27(40)24-11-8-20-15-35-26(28(41)39(20)24)36-16-22(23-4-2-3-13-34-23)18-5-9-21(10-6-18)42-29(30,31)32/h2-7,9-10,12-13,15,22,24H,8,11,14,16H2,1H3,(H2,33,38)(H,35,36)(H,37,40)/t22-,24-/m0/s1. The van der Waals surface area contributed by atoms with Gasteiger partial charge in [-0.05, 0) is 61.2 Å². The smallest absolute Gasteiger partial charge is 0.406 e. The molecule has 42 heavy (non-hydrogen) atoms. The zero-order chi connectivity index (χ0) is 29.9. The number of carbonyl (C=O) groups is 1. The molecular formula is C29H28F3N7O3. The van der Waals surface area contributed by atoms with E-state index in [0.717, 1.165) is 5.56 Å². The average molecular weight is 580 g/mol. The number of hydrogen-bond donors (Lipinski definition) is 3. The summed E-state index contributed by atoms with van der Waals surface area (Å²) in [4.78, 5) is 39.5. The first-order valence-electron chi connectivity index (χ1n) is 13.2. The van der Waals surface area contributed by atoms with Crippen molar-refractivity contribution in [3.8, 4) is 5.75 Å². The van der Waals surface area contributed by atoms with Gasteiger partial charge in [-0.15, -0.1) is 13.2 Å². The van der Waals surface area contributed by atoms with E-state index in [1.165, 1.54) is 28.8 Å². The molecule has 0 bridgehead atoms. The Balaban J connectivity index is 1.33. The number of amides is 1. The molecule has 2 atom stereocenters. The van der Waals surface area contributed by atoms with Crippen LogP contribution >= 0.6 is 0 Å². The monoisotopic (exact) mass is 579 g/mol. The van der Waals surface area contributed by atoms with Crippen molar-refractivity contribution >= 4 is 17.5 Å². The molecule has 1 aliphatic rings. The minimum absolute atomic E-state index is 0.0509. The van der Waals surface area contributed by atoms with Crippen LogP contribution in [0.3, 0.4) is 0 Å². The van der Waals surface area contributed by atoms with Crippen molar-refractivity contribution in [3.05, 3.63) is 106 Å². The number of benzene rings is 1. The largest absolute Gasteiger partial charge is 0.573 e. The highest BCUT2D eigenvalue weighted by Gasteiger charge is 2.32. The molecule has 0 saturated carbocycles. The van der Waals surface area contributed by atoms with Crippen molar-refractivity contribution in [2.45, 2.75) is 44.6 Å². The van der Waals surface area contributed by atoms with Crippen LogP contribution in [-0.4, -0.2) is 38.3 Å². The first-order valence-corrected chi connectivity index (χ1v) is 13.2. The number of anilines is 2. The molecule has 0 saturated heterocycles. The molecule has 1 aliphatic heterocycles. The second-order valence-electron chi connectivity index (χ2n) is 9.83. The van der Waals surface area contributed by atoms with Crippen molar-refractivity contribution in [3.63, 3.8) is 0 Å². The topological polar surface area (TPSA) is 137 Å². The van der Waals surface area contributed by atoms with Crippen LogP contribution in [0.25, 0.3) is 0 Å². The van der Waals surface area contributed by atoms with Gasteiger partial charge in [-0.2, -0.15) is 0 Å². The molecular weight excluding hydrogens is 551 g/mol. The summed E-state index contributed by atoms with van der Waals surface area (Å²) in [7, 11) is 0. The molecule has 0 fully saturated rings. The molecule has 0 radical (unpaired) electrons. The molecule has 4 N–H and O–H groups in total. The van der Waals surface area contributed by atoms with Crippen LogP contribution in [0.4, 0.5) is 24.8 Å². The van der Waals surface area contributed by atoms with Gasteiger partial charge < -0.3 is 21.1 Å². The fourth-order valence-corrected chi connectivity index (χ4v) is 4.98. The van der Waals surface area contributed by atoms with Gasteiger partial charge in [-0.1, -0.05) is 24.3 Å². The van der Waals surface area contributed by atoms with Crippen LogP contribution in [0.2, 0.25) is 0 Å². The van der Waals surface area contributed by atoms with Crippen molar-refractivity contribution in [2.24, 2.45) is 0 Å². The molecule has 1 aromatic carbocycles. The van der Waals surface area contributed by atoms with Gasteiger partial charge in [0.05, 0.1) is 0 Å². The molecule has 0 unspecified atom stereocenters. The predicted octanol–water partition coefficient (Wildman–Crippen LogP) is 3.87. The minimum Gasteiger partial charge on any atom is -0.406 e. The van der Waals surface area contributed by atoms with E-state index in [1.807, 2.05) is 0 Å². The fraction of sp³-hybridized carbons (Fsp3) is 0.276. The maximum Gasteiger partial charge on any atom is 0.573 e. The summed E-state index contributed by atoms with van der Waals surface area (Å²) in [6.07, 6.45) is -0.646. The number of carbonyl (C=O) groups excluding carboxylic acids is 1. The molecule has 218 valence electrons. The number of rotatable bonds is 9. The summed E-state index contributed by atoms with van der Waals surface area (Å²) in [6.45, 7) is 2.21. The summed E-state index contributed by atoms with van der Waals surface area (Å²) in [5.41, 5.74) is 8.74. The zero-order valence-corrected chi connectivity index (χ0v) is 22.6. The van der Waals surface area contributed by atoms with Crippen molar-refractivity contribution < 1.29 is 22.7 Å². The molecule has 4 aromatic rings. The number of fused-ring (bicyclic) bond motifs is 1. The highest BCUT2D eigenvalue weighted by molar-refractivity contribution is 5.81. The van der Waals surface area contributed by atoms with Crippen molar-refractivity contribution in [1.29, 1.82) is 0 Å². The van der Waals surface area contributed by atoms with Gasteiger partial charge in [0.1, 0.15) is 17.6 Å². The Hall–Kier alpha value is -4.94. The summed E-state index contributed by atoms with van der Waals surface area (Å²) in [5, 5.41) is 5.97. The van der Waals surface area contributed by atoms with Gasteiger partial charge in [-0.3, -0.25) is 19.1 Å². The van der Waals surface area contributed by atoms with Gasteiger partial charge in [0.2, 0.25) is 5.91 Å². The van der Waals surface area contributed by atoms with Crippen LogP contribution in [0, 0.1) is 6.92 Å². The van der Waals surface area contributed by atoms with E-state index in [9.17, 15) is 22.8 Å². The lowest BCUT2D eigenvalue weighted by molar-refractivity contribution is -0.274. The number of ether oxygens (including phenoxy) is 1. The number of nitrogens with one attached hydrogen (secondary N) is 2. The van der Waals surface area contributed by atoms with Gasteiger partial charge >= 0.3 is 6.36 Å². The van der Waals surface area contributed by atoms with Crippen LogP contribution in [0.1, 0.15) is 46.6 Å². The molecule has 3 aromatic heterocycles. The minimum atomic E-state index is -4.80. The number of nitrogens with two attached hydrogens (primary N) is 1. The summed E-state index contributed by atoms with van der Waals surface area (Å²) in [6, 6.07) is 13.6. The maximum absolute atomic E-state index is 13.5. The number of aromatic nitrogens is 4. The van der Waals surface area contributed by atoms with Gasteiger partial charge in [0, 0.05) is 48.5 Å². The Labute approximate surface area is 238 Å². The van der Waals surface area contributed by atoms with Crippen LogP contribution in [0.15, 0.2) is 71.8 Å². The Morgan fingerprint density at radius 3 is 2.62 bits per heavy atom. The Morgan fingerprint density at radius 2 is 1.93 bits per heavy atom. The number of alkyl halides is 3. The zero-order valence-electron chi connectivity index (χ0n) is 22.6. The van der Waals surface area contributed by atoms with Crippen molar-refractivity contribution in [2.75, 3.05) is 17.6 Å². The molecule has 0 aliphatic carbocycles. The molecule has 4 heterocycles. The number of halogens is 3. The first-order chi connectivity index (χ1) is 20.1. The van der Waals surface area contributed by atoms with Crippen molar-refractivity contribution in [1.82, 2.24) is 24.8 Å². The summed E-state index contributed by atoms with van der Waals surface area (Å²) < 4.78 is 43.3. The average Bonchev–Trinajstić information content (AvgIpc) is 3.39. The number of hydrogen-bond acceptors (Lipinski definition) is 8. The summed E-state index contributed by atoms with van der Waals surface area (Å²) in [5.74, 6) is -0.623. The van der Waals surface area contributed by atoms with Crippen LogP contribution < -0.4 is 26.7 Å². The Morgan fingerprint density at radius 1 is 1.14 bits per heavy atom. The second-order valence-corrected chi connectivity index (χ2v) is 9.83. The SMILES string of the molecule is Cc1nc(N)ccc1CNC(=O)[C@@H]1CCc2cnc(NC[C@@H](c3ccc(OC(F)(F)F)cc3)c3ccccn3)c(=O)n21. The lowest BCUT2D eigenvalue weighted by Gasteiger charge is -2.20. The second kappa shape index (κ2) is 11.9. The number of nitrogens with zero attached hydrogens (tertiary/aromatic N) is 4. The van der Waals surface area contributed by atoms with E-state index in [-0.39, 0.29) is 30.6 Å². The lowest BCUT2D eigenvalue weighted by Crippen LogP contribution is -2.36. The van der Waals surface area contributed by atoms with Gasteiger partial charge in [0.15, 0.2) is 5.82 Å². The number of aryl methyl sites for hydroxylation is 2. The third kappa shape index (κ3) is 6.51.